The minimum atomic E-state index is -0.567. The summed E-state index contributed by atoms with van der Waals surface area (Å²) < 4.78 is 5.29. The Bertz CT molecular complexity index is 364. The molecular weight excluding hydrogens is 242 g/mol. The van der Waals surface area contributed by atoms with Crippen LogP contribution in [0.5, 0.6) is 0 Å². The monoisotopic (exact) mass is 267 g/mol. The zero-order chi connectivity index (χ0) is 15.1. The largest absolute Gasteiger partial charge is 0.444 e. The lowest BCUT2D eigenvalue weighted by atomic mass is 10.2. The van der Waals surface area contributed by atoms with Gasteiger partial charge in [0.05, 0.1) is 6.54 Å². The molecule has 0 bridgehead atoms. The quantitative estimate of drug-likeness (QED) is 0.548. The normalized spacial score (nSPS) is 11.4. The van der Waals surface area contributed by atoms with E-state index in [0.29, 0.717) is 13.0 Å². The van der Waals surface area contributed by atoms with Crippen LogP contribution in [-0.4, -0.2) is 35.5 Å². The number of hydrogen-bond acceptors (Lipinski definition) is 3. The molecular formula is C15H25NO3. The van der Waals surface area contributed by atoms with Gasteiger partial charge in [0.2, 0.25) is 0 Å². The molecule has 19 heavy (non-hydrogen) atoms. The smallest absolute Gasteiger partial charge is 0.410 e. The average molecular weight is 267 g/mol. The van der Waals surface area contributed by atoms with Gasteiger partial charge in [0, 0.05) is 6.54 Å². The molecule has 0 radical (unpaired) electrons. The first-order valence-corrected chi connectivity index (χ1v) is 6.43. The Kier molecular flexibility index (Phi) is 7.12. The summed E-state index contributed by atoms with van der Waals surface area (Å²) in [6.45, 7) is 13.3. The molecule has 0 aromatic carbocycles. The van der Waals surface area contributed by atoms with Crippen molar-refractivity contribution in [1.29, 1.82) is 0 Å². The van der Waals surface area contributed by atoms with E-state index in [9.17, 15) is 9.59 Å². The van der Waals surface area contributed by atoms with Crippen LogP contribution in [-0.2, 0) is 9.53 Å². The molecule has 108 valence electrons. The molecule has 4 heteroatoms. The molecule has 0 fully saturated rings. The van der Waals surface area contributed by atoms with Crippen molar-refractivity contribution in [2.24, 2.45) is 0 Å². The van der Waals surface area contributed by atoms with E-state index in [0.717, 1.165) is 5.57 Å². The Morgan fingerprint density at radius 1 is 1.32 bits per heavy atom. The molecule has 0 spiro atoms. The standard InChI is InChI=1S/C15H25NO3/c1-7-8-13(17)11-16(10-9-12(2)3)14(18)19-15(4,5)6/h7-8H,2,9-11H2,1,3-6H3/b8-7+. The third-order valence-electron chi connectivity index (χ3n) is 2.16. The number of ketones is 1. The summed E-state index contributed by atoms with van der Waals surface area (Å²) in [5.41, 5.74) is 0.398. The molecule has 0 atom stereocenters. The lowest BCUT2D eigenvalue weighted by Gasteiger charge is -2.26. The molecule has 0 N–H and O–H groups in total. The maximum absolute atomic E-state index is 12.0. The van der Waals surface area contributed by atoms with Crippen LogP contribution in [0.15, 0.2) is 24.3 Å². The zero-order valence-electron chi connectivity index (χ0n) is 12.7. The van der Waals surface area contributed by atoms with Crippen LogP contribution in [0.2, 0.25) is 0 Å². The predicted octanol–water partition coefficient (Wildman–Crippen LogP) is 3.33. The van der Waals surface area contributed by atoms with Gasteiger partial charge in [0.1, 0.15) is 5.60 Å². The van der Waals surface area contributed by atoms with Crippen molar-refractivity contribution in [3.8, 4) is 0 Å². The number of amides is 1. The van der Waals surface area contributed by atoms with Crippen LogP contribution < -0.4 is 0 Å². The Morgan fingerprint density at radius 3 is 2.32 bits per heavy atom. The third kappa shape index (κ3) is 9.05. The first-order valence-electron chi connectivity index (χ1n) is 6.43. The first kappa shape index (κ1) is 17.4. The number of allylic oxidation sites excluding steroid dienone is 1. The second kappa shape index (κ2) is 7.77. The molecule has 0 rings (SSSR count). The summed E-state index contributed by atoms with van der Waals surface area (Å²) in [4.78, 5) is 25.0. The van der Waals surface area contributed by atoms with Gasteiger partial charge in [-0.15, -0.1) is 6.58 Å². The van der Waals surface area contributed by atoms with E-state index >= 15 is 0 Å². The molecule has 0 saturated heterocycles. The van der Waals surface area contributed by atoms with Crippen LogP contribution in [0.4, 0.5) is 4.79 Å². The maximum atomic E-state index is 12.0. The Labute approximate surface area is 116 Å². The number of carbonyl (C=O) groups is 2. The minimum Gasteiger partial charge on any atom is -0.444 e. The minimum absolute atomic E-state index is 0.0343. The third-order valence-corrected chi connectivity index (χ3v) is 2.16. The van der Waals surface area contributed by atoms with E-state index in [1.807, 2.05) is 6.92 Å². The molecule has 1 amide bonds. The molecule has 0 aromatic heterocycles. The number of nitrogens with zero attached hydrogens (tertiary/aromatic N) is 1. The highest BCUT2D eigenvalue weighted by atomic mass is 16.6. The first-order chi connectivity index (χ1) is 8.65. The molecule has 0 aromatic rings. The number of carbonyl (C=O) groups excluding carboxylic acids is 2. The fourth-order valence-corrected chi connectivity index (χ4v) is 1.31. The van der Waals surface area contributed by atoms with E-state index in [4.69, 9.17) is 4.74 Å². The maximum Gasteiger partial charge on any atom is 0.410 e. The van der Waals surface area contributed by atoms with Crippen molar-refractivity contribution < 1.29 is 14.3 Å². The zero-order valence-corrected chi connectivity index (χ0v) is 12.7. The Hall–Kier alpha value is -1.58. The number of hydrogen-bond donors (Lipinski definition) is 0. The van der Waals surface area contributed by atoms with Crippen molar-refractivity contribution in [2.75, 3.05) is 13.1 Å². The highest BCUT2D eigenvalue weighted by Crippen LogP contribution is 2.11. The highest BCUT2D eigenvalue weighted by molar-refractivity contribution is 5.93. The molecule has 0 heterocycles. The second-order valence-corrected chi connectivity index (χ2v) is 5.58. The van der Waals surface area contributed by atoms with Crippen LogP contribution in [0.3, 0.4) is 0 Å². The van der Waals surface area contributed by atoms with E-state index in [1.165, 1.54) is 11.0 Å². The molecule has 0 aliphatic heterocycles. The van der Waals surface area contributed by atoms with Gasteiger partial charge in [-0.05, 0) is 47.1 Å². The lowest BCUT2D eigenvalue weighted by Crippen LogP contribution is -2.40. The van der Waals surface area contributed by atoms with Crippen LogP contribution >= 0.6 is 0 Å². The molecule has 0 unspecified atom stereocenters. The van der Waals surface area contributed by atoms with E-state index < -0.39 is 11.7 Å². The van der Waals surface area contributed by atoms with Crippen LogP contribution in [0.1, 0.15) is 41.0 Å². The Balaban J connectivity index is 4.69. The Morgan fingerprint density at radius 2 is 1.89 bits per heavy atom. The fourth-order valence-electron chi connectivity index (χ4n) is 1.31. The molecule has 0 saturated carbocycles. The van der Waals surface area contributed by atoms with E-state index in [1.54, 1.807) is 33.8 Å². The highest BCUT2D eigenvalue weighted by Gasteiger charge is 2.23. The van der Waals surface area contributed by atoms with Gasteiger partial charge in [-0.3, -0.25) is 4.79 Å². The summed E-state index contributed by atoms with van der Waals surface area (Å²) in [5, 5.41) is 0. The van der Waals surface area contributed by atoms with Gasteiger partial charge in [-0.1, -0.05) is 11.6 Å². The second-order valence-electron chi connectivity index (χ2n) is 5.58. The van der Waals surface area contributed by atoms with Crippen LogP contribution in [0.25, 0.3) is 0 Å². The summed E-state index contributed by atoms with van der Waals surface area (Å²) in [5.74, 6) is -0.116. The molecule has 0 aliphatic carbocycles. The van der Waals surface area contributed by atoms with E-state index in [-0.39, 0.29) is 12.3 Å². The lowest BCUT2D eigenvalue weighted by molar-refractivity contribution is -0.115. The summed E-state index contributed by atoms with van der Waals surface area (Å²) in [7, 11) is 0. The number of ether oxygens (including phenoxy) is 1. The van der Waals surface area contributed by atoms with Gasteiger partial charge >= 0.3 is 6.09 Å². The average Bonchev–Trinajstić information content (AvgIpc) is 2.21. The fraction of sp³-hybridized carbons (Fsp3) is 0.600. The summed E-state index contributed by atoms with van der Waals surface area (Å²) >= 11 is 0. The van der Waals surface area contributed by atoms with Crippen molar-refractivity contribution in [1.82, 2.24) is 4.90 Å². The summed E-state index contributed by atoms with van der Waals surface area (Å²) in [6.07, 6.45) is 3.31. The van der Waals surface area contributed by atoms with Gasteiger partial charge in [-0.25, -0.2) is 4.79 Å². The molecule has 4 nitrogen and oxygen atoms in total. The van der Waals surface area contributed by atoms with E-state index in [2.05, 4.69) is 6.58 Å². The van der Waals surface area contributed by atoms with Gasteiger partial charge < -0.3 is 9.64 Å². The van der Waals surface area contributed by atoms with Gasteiger partial charge in [-0.2, -0.15) is 0 Å². The van der Waals surface area contributed by atoms with Crippen molar-refractivity contribution in [3.05, 3.63) is 24.3 Å². The predicted molar refractivity (Wildman–Crippen MR) is 77.1 cm³/mol. The van der Waals surface area contributed by atoms with Crippen molar-refractivity contribution in [3.63, 3.8) is 0 Å². The van der Waals surface area contributed by atoms with Crippen molar-refractivity contribution in [2.45, 2.75) is 46.6 Å². The summed E-state index contributed by atoms with van der Waals surface area (Å²) in [6, 6.07) is 0. The molecule has 0 aliphatic rings. The van der Waals surface area contributed by atoms with Crippen molar-refractivity contribution >= 4 is 11.9 Å². The van der Waals surface area contributed by atoms with Gasteiger partial charge in [0.25, 0.3) is 0 Å². The SMILES string of the molecule is C=C(C)CCN(CC(=O)/C=C/C)C(=O)OC(C)(C)C. The number of rotatable bonds is 6. The van der Waals surface area contributed by atoms with Crippen LogP contribution in [0, 0.1) is 0 Å². The van der Waals surface area contributed by atoms with Gasteiger partial charge in [0.15, 0.2) is 5.78 Å². The topological polar surface area (TPSA) is 46.6 Å².